The molecule has 0 saturated heterocycles. The van der Waals surface area contributed by atoms with Crippen molar-refractivity contribution in [2.45, 2.75) is 6.92 Å². The van der Waals surface area contributed by atoms with Crippen LogP contribution < -0.4 is 4.74 Å². The Bertz CT molecular complexity index is 550. The molecule has 0 radical (unpaired) electrons. The van der Waals surface area contributed by atoms with Crippen LogP contribution in [-0.2, 0) is 0 Å². The van der Waals surface area contributed by atoms with Crippen LogP contribution in [0.25, 0.3) is 0 Å². The first-order valence-corrected chi connectivity index (χ1v) is 5.18. The van der Waals surface area contributed by atoms with Crippen LogP contribution in [0.3, 0.4) is 0 Å². The topological polar surface area (TPSA) is 26.3 Å². The Morgan fingerprint density at radius 1 is 1.12 bits per heavy atom. The van der Waals surface area contributed by atoms with Crippen molar-refractivity contribution in [3.63, 3.8) is 0 Å². The lowest BCUT2D eigenvalue weighted by atomic mass is 10.2. The van der Waals surface area contributed by atoms with Gasteiger partial charge in [0, 0.05) is 11.6 Å². The highest BCUT2D eigenvalue weighted by molar-refractivity contribution is 5.75. The van der Waals surface area contributed by atoms with E-state index in [4.69, 9.17) is 4.74 Å². The third kappa shape index (κ3) is 2.91. The van der Waals surface area contributed by atoms with Gasteiger partial charge in [-0.15, -0.1) is 0 Å². The standard InChI is InChI=1S/C14H11FO2/c1-10-3-2-4-13(5-10)17-14-7-11(9-16)6-12(15)8-14/h2-9H,1H3. The average molecular weight is 230 g/mol. The highest BCUT2D eigenvalue weighted by atomic mass is 19.1. The zero-order chi connectivity index (χ0) is 12.3. The lowest BCUT2D eigenvalue weighted by Gasteiger charge is -2.07. The Hall–Kier alpha value is -2.16. The molecule has 0 saturated carbocycles. The van der Waals surface area contributed by atoms with E-state index in [0.29, 0.717) is 17.8 Å². The number of aldehydes is 1. The molecule has 2 nitrogen and oxygen atoms in total. The van der Waals surface area contributed by atoms with E-state index >= 15 is 0 Å². The summed E-state index contributed by atoms with van der Waals surface area (Å²) in [6, 6.07) is 11.3. The van der Waals surface area contributed by atoms with E-state index in [-0.39, 0.29) is 5.56 Å². The molecule has 0 unspecified atom stereocenters. The number of carbonyl (C=O) groups is 1. The molecule has 86 valence electrons. The second-order valence-electron chi connectivity index (χ2n) is 3.76. The minimum Gasteiger partial charge on any atom is -0.457 e. The molecule has 2 aromatic rings. The van der Waals surface area contributed by atoms with Crippen LogP contribution in [0.2, 0.25) is 0 Å². The van der Waals surface area contributed by atoms with Gasteiger partial charge in [-0.05, 0) is 36.8 Å². The zero-order valence-corrected chi connectivity index (χ0v) is 9.31. The number of aryl methyl sites for hydroxylation is 1. The number of carbonyl (C=O) groups excluding carboxylic acids is 1. The van der Waals surface area contributed by atoms with Gasteiger partial charge in [-0.1, -0.05) is 12.1 Å². The molecule has 17 heavy (non-hydrogen) atoms. The number of benzene rings is 2. The molecule has 0 aromatic heterocycles. The lowest BCUT2D eigenvalue weighted by molar-refractivity contribution is 0.112. The summed E-state index contributed by atoms with van der Waals surface area (Å²) in [7, 11) is 0. The summed E-state index contributed by atoms with van der Waals surface area (Å²) in [5.41, 5.74) is 1.31. The van der Waals surface area contributed by atoms with Crippen molar-refractivity contribution in [3.8, 4) is 11.5 Å². The summed E-state index contributed by atoms with van der Waals surface area (Å²) in [4.78, 5) is 10.6. The van der Waals surface area contributed by atoms with Crippen LogP contribution in [0.1, 0.15) is 15.9 Å². The molecule has 0 amide bonds. The summed E-state index contributed by atoms with van der Waals surface area (Å²) in [6.45, 7) is 1.94. The summed E-state index contributed by atoms with van der Waals surface area (Å²) in [5, 5.41) is 0. The van der Waals surface area contributed by atoms with Crippen LogP contribution in [-0.4, -0.2) is 6.29 Å². The maximum atomic E-state index is 13.2. The maximum absolute atomic E-state index is 13.2. The zero-order valence-electron chi connectivity index (χ0n) is 9.31. The second kappa shape index (κ2) is 4.78. The van der Waals surface area contributed by atoms with E-state index in [9.17, 15) is 9.18 Å². The maximum Gasteiger partial charge on any atom is 0.150 e. The van der Waals surface area contributed by atoms with Crippen molar-refractivity contribution in [1.82, 2.24) is 0 Å². The first kappa shape index (κ1) is 11.3. The summed E-state index contributed by atoms with van der Waals surface area (Å²) in [6.07, 6.45) is 0.589. The highest BCUT2D eigenvalue weighted by Gasteiger charge is 2.02. The van der Waals surface area contributed by atoms with Crippen molar-refractivity contribution in [2.24, 2.45) is 0 Å². The number of halogens is 1. The van der Waals surface area contributed by atoms with Crippen LogP contribution in [0.5, 0.6) is 11.5 Å². The van der Waals surface area contributed by atoms with Gasteiger partial charge in [0.25, 0.3) is 0 Å². The fraction of sp³-hybridized carbons (Fsp3) is 0.0714. The monoisotopic (exact) mass is 230 g/mol. The van der Waals surface area contributed by atoms with Gasteiger partial charge in [0.2, 0.25) is 0 Å². The van der Waals surface area contributed by atoms with Crippen LogP contribution in [0.4, 0.5) is 4.39 Å². The first-order valence-electron chi connectivity index (χ1n) is 5.18. The quantitative estimate of drug-likeness (QED) is 0.751. The Morgan fingerprint density at radius 3 is 2.65 bits per heavy atom. The van der Waals surface area contributed by atoms with Crippen LogP contribution in [0.15, 0.2) is 42.5 Å². The SMILES string of the molecule is Cc1cccc(Oc2cc(F)cc(C=O)c2)c1. The molecule has 2 rings (SSSR count). The Balaban J connectivity index is 2.29. The fourth-order valence-electron chi connectivity index (χ4n) is 1.53. The number of hydrogen-bond donors (Lipinski definition) is 0. The molecule has 0 bridgehead atoms. The van der Waals surface area contributed by atoms with E-state index in [1.54, 1.807) is 6.07 Å². The molecule has 2 aromatic carbocycles. The van der Waals surface area contributed by atoms with E-state index in [1.165, 1.54) is 12.1 Å². The van der Waals surface area contributed by atoms with Crippen molar-refractivity contribution < 1.29 is 13.9 Å². The number of hydrogen-bond acceptors (Lipinski definition) is 2. The molecular formula is C14H11FO2. The van der Waals surface area contributed by atoms with Crippen LogP contribution >= 0.6 is 0 Å². The Labute approximate surface area is 98.7 Å². The third-order valence-corrected chi connectivity index (χ3v) is 2.25. The summed E-state index contributed by atoms with van der Waals surface area (Å²) < 4.78 is 18.6. The molecule has 0 spiro atoms. The van der Waals surface area contributed by atoms with E-state index < -0.39 is 5.82 Å². The van der Waals surface area contributed by atoms with Gasteiger partial charge in [0.1, 0.15) is 23.6 Å². The average Bonchev–Trinajstić information content (AvgIpc) is 2.28. The van der Waals surface area contributed by atoms with Gasteiger partial charge >= 0.3 is 0 Å². The number of ether oxygens (including phenoxy) is 1. The molecule has 0 aliphatic rings. The summed E-state index contributed by atoms with van der Waals surface area (Å²) in [5.74, 6) is 0.447. The van der Waals surface area contributed by atoms with Gasteiger partial charge in [0.15, 0.2) is 0 Å². The van der Waals surface area contributed by atoms with Crippen molar-refractivity contribution in [3.05, 3.63) is 59.4 Å². The fourth-order valence-corrected chi connectivity index (χ4v) is 1.53. The van der Waals surface area contributed by atoms with Crippen molar-refractivity contribution in [1.29, 1.82) is 0 Å². The van der Waals surface area contributed by atoms with Gasteiger partial charge in [-0.3, -0.25) is 4.79 Å². The molecule has 0 aliphatic heterocycles. The van der Waals surface area contributed by atoms with E-state index in [2.05, 4.69) is 0 Å². The van der Waals surface area contributed by atoms with E-state index in [0.717, 1.165) is 11.6 Å². The van der Waals surface area contributed by atoms with Gasteiger partial charge in [-0.2, -0.15) is 0 Å². The molecule has 0 fully saturated rings. The van der Waals surface area contributed by atoms with Gasteiger partial charge < -0.3 is 4.74 Å². The third-order valence-electron chi connectivity index (χ3n) is 2.25. The smallest absolute Gasteiger partial charge is 0.150 e. The predicted octanol–water partition coefficient (Wildman–Crippen LogP) is 3.74. The molecule has 0 aliphatic carbocycles. The van der Waals surface area contributed by atoms with Crippen molar-refractivity contribution in [2.75, 3.05) is 0 Å². The second-order valence-corrected chi connectivity index (χ2v) is 3.76. The van der Waals surface area contributed by atoms with Crippen molar-refractivity contribution >= 4 is 6.29 Å². The largest absolute Gasteiger partial charge is 0.457 e. The van der Waals surface area contributed by atoms with Gasteiger partial charge in [-0.25, -0.2) is 4.39 Å². The molecule has 3 heteroatoms. The predicted molar refractivity (Wildman–Crippen MR) is 63.0 cm³/mol. The number of rotatable bonds is 3. The first-order chi connectivity index (χ1) is 8.17. The minimum absolute atomic E-state index is 0.257. The highest BCUT2D eigenvalue weighted by Crippen LogP contribution is 2.23. The molecular weight excluding hydrogens is 219 g/mol. The van der Waals surface area contributed by atoms with E-state index in [1.807, 2.05) is 25.1 Å². The normalized spacial score (nSPS) is 10.0. The van der Waals surface area contributed by atoms with Crippen LogP contribution in [0, 0.1) is 12.7 Å². The molecule has 0 atom stereocenters. The molecule has 0 N–H and O–H groups in total. The lowest BCUT2D eigenvalue weighted by Crippen LogP contribution is -1.89. The molecule has 0 heterocycles. The van der Waals surface area contributed by atoms with Gasteiger partial charge in [0.05, 0.1) is 0 Å². The summed E-state index contributed by atoms with van der Waals surface area (Å²) >= 11 is 0. The Morgan fingerprint density at radius 2 is 1.94 bits per heavy atom. The Kier molecular flexibility index (Phi) is 3.19. The minimum atomic E-state index is -0.489.